The van der Waals surface area contributed by atoms with Gasteiger partial charge >= 0.3 is 0 Å². The van der Waals surface area contributed by atoms with Crippen LogP contribution in [-0.2, 0) is 4.74 Å². The van der Waals surface area contributed by atoms with Gasteiger partial charge in [0.1, 0.15) is 5.75 Å². The molecule has 1 aliphatic rings. The number of nitrogens with one attached hydrogen (secondary N) is 1. The molecule has 0 bridgehead atoms. The second-order valence-electron chi connectivity index (χ2n) is 5.96. The predicted molar refractivity (Wildman–Crippen MR) is 82.3 cm³/mol. The molecule has 0 saturated heterocycles. The Morgan fingerprint density at radius 2 is 2.25 bits per heavy atom. The van der Waals surface area contributed by atoms with Crippen molar-refractivity contribution in [1.29, 1.82) is 0 Å². The highest BCUT2D eigenvalue weighted by Crippen LogP contribution is 2.33. The van der Waals surface area contributed by atoms with Crippen molar-refractivity contribution in [2.75, 3.05) is 26.4 Å². The summed E-state index contributed by atoms with van der Waals surface area (Å²) in [5.74, 6) is 1.68. The molecular weight excluding hydrogens is 250 g/mol. The van der Waals surface area contributed by atoms with Gasteiger partial charge in [0.15, 0.2) is 0 Å². The van der Waals surface area contributed by atoms with Crippen molar-refractivity contribution in [3.8, 4) is 5.75 Å². The molecule has 0 aromatic heterocycles. The average molecular weight is 277 g/mol. The maximum Gasteiger partial charge on any atom is 0.126 e. The molecule has 1 aromatic rings. The first kappa shape index (κ1) is 15.3. The number of hydrogen-bond donors (Lipinski definition) is 1. The third-order valence-corrected chi connectivity index (χ3v) is 3.59. The van der Waals surface area contributed by atoms with E-state index in [4.69, 9.17) is 9.47 Å². The lowest BCUT2D eigenvalue weighted by Crippen LogP contribution is -2.25. The van der Waals surface area contributed by atoms with Crippen LogP contribution < -0.4 is 10.1 Å². The number of ether oxygens (including phenoxy) is 2. The van der Waals surface area contributed by atoms with Crippen LogP contribution in [0.4, 0.5) is 0 Å². The maximum absolute atomic E-state index is 5.90. The molecule has 3 heteroatoms. The quantitative estimate of drug-likeness (QED) is 0.808. The first-order chi connectivity index (χ1) is 9.68. The van der Waals surface area contributed by atoms with Gasteiger partial charge in [-0.1, -0.05) is 32.0 Å². The minimum Gasteiger partial charge on any atom is -0.493 e. The smallest absolute Gasteiger partial charge is 0.126 e. The zero-order valence-corrected chi connectivity index (χ0v) is 12.9. The number of hydrogen-bond acceptors (Lipinski definition) is 3. The summed E-state index contributed by atoms with van der Waals surface area (Å²) in [6.07, 6.45) is 2.22. The number of rotatable bonds is 6. The Morgan fingerprint density at radius 3 is 3.05 bits per heavy atom. The van der Waals surface area contributed by atoms with Crippen LogP contribution in [0, 0.1) is 12.8 Å². The predicted octanol–water partition coefficient (Wildman–Crippen LogP) is 3.47. The molecule has 1 heterocycles. The molecule has 0 amide bonds. The van der Waals surface area contributed by atoms with Crippen molar-refractivity contribution in [1.82, 2.24) is 5.32 Å². The molecule has 0 spiro atoms. The fraction of sp³-hybridized carbons (Fsp3) is 0.647. The van der Waals surface area contributed by atoms with E-state index in [0.29, 0.717) is 12.0 Å². The van der Waals surface area contributed by atoms with E-state index < -0.39 is 0 Å². The fourth-order valence-electron chi connectivity index (χ4n) is 2.60. The molecule has 1 unspecified atom stereocenters. The van der Waals surface area contributed by atoms with E-state index in [2.05, 4.69) is 44.3 Å². The normalized spacial score (nSPS) is 18.5. The molecule has 3 nitrogen and oxygen atoms in total. The van der Waals surface area contributed by atoms with Crippen molar-refractivity contribution in [3.05, 3.63) is 29.3 Å². The number of para-hydroxylation sites is 1. The summed E-state index contributed by atoms with van der Waals surface area (Å²) in [7, 11) is 0. The zero-order chi connectivity index (χ0) is 14.4. The van der Waals surface area contributed by atoms with Gasteiger partial charge in [0.25, 0.3) is 0 Å². The minimum absolute atomic E-state index is 0.384. The van der Waals surface area contributed by atoms with Crippen LogP contribution in [0.15, 0.2) is 18.2 Å². The minimum atomic E-state index is 0.384. The van der Waals surface area contributed by atoms with Crippen molar-refractivity contribution in [2.24, 2.45) is 5.92 Å². The second-order valence-corrected chi connectivity index (χ2v) is 5.96. The monoisotopic (exact) mass is 277 g/mol. The van der Waals surface area contributed by atoms with Crippen molar-refractivity contribution >= 4 is 0 Å². The van der Waals surface area contributed by atoms with Crippen LogP contribution in [0.5, 0.6) is 5.75 Å². The lowest BCUT2D eigenvalue weighted by atomic mass is 10.00. The van der Waals surface area contributed by atoms with Gasteiger partial charge in [0.2, 0.25) is 0 Å². The standard InChI is InChI=1S/C17H27NO2/c1-13(2)12-19-11-9-18-16-8-5-10-20-17-14(3)6-4-7-15(16)17/h4,6-7,13,16,18H,5,8-12H2,1-3H3. The van der Waals surface area contributed by atoms with E-state index in [-0.39, 0.29) is 0 Å². The van der Waals surface area contributed by atoms with Crippen molar-refractivity contribution < 1.29 is 9.47 Å². The first-order valence-corrected chi connectivity index (χ1v) is 7.72. The maximum atomic E-state index is 5.90. The number of benzene rings is 1. The third-order valence-electron chi connectivity index (χ3n) is 3.59. The van der Waals surface area contributed by atoms with Crippen LogP contribution in [-0.4, -0.2) is 26.4 Å². The molecule has 1 N–H and O–H groups in total. The van der Waals surface area contributed by atoms with Gasteiger partial charge in [0.05, 0.1) is 13.2 Å². The van der Waals surface area contributed by atoms with E-state index in [1.165, 1.54) is 11.1 Å². The second kappa shape index (κ2) is 7.65. The molecule has 1 aliphatic heterocycles. The van der Waals surface area contributed by atoms with E-state index in [1.54, 1.807) is 0 Å². The molecular formula is C17H27NO2. The molecule has 0 fully saturated rings. The molecule has 2 rings (SSSR count). The van der Waals surface area contributed by atoms with E-state index in [1.807, 2.05) is 0 Å². The number of aryl methyl sites for hydroxylation is 1. The van der Waals surface area contributed by atoms with E-state index >= 15 is 0 Å². The summed E-state index contributed by atoms with van der Waals surface area (Å²) < 4.78 is 11.5. The van der Waals surface area contributed by atoms with Crippen LogP contribution in [0.25, 0.3) is 0 Å². The van der Waals surface area contributed by atoms with Gasteiger partial charge in [-0.2, -0.15) is 0 Å². The summed E-state index contributed by atoms with van der Waals surface area (Å²) in [5.41, 5.74) is 2.53. The Labute approximate surface area is 122 Å². The highest BCUT2D eigenvalue weighted by atomic mass is 16.5. The van der Waals surface area contributed by atoms with Gasteiger partial charge in [-0.25, -0.2) is 0 Å². The summed E-state index contributed by atoms with van der Waals surface area (Å²) in [6, 6.07) is 6.80. The molecule has 112 valence electrons. The first-order valence-electron chi connectivity index (χ1n) is 7.72. The third kappa shape index (κ3) is 4.22. The molecule has 20 heavy (non-hydrogen) atoms. The van der Waals surface area contributed by atoms with Crippen LogP contribution in [0.2, 0.25) is 0 Å². The summed E-state index contributed by atoms with van der Waals surface area (Å²) in [5, 5.41) is 3.61. The Balaban J connectivity index is 1.90. The van der Waals surface area contributed by atoms with Crippen molar-refractivity contribution in [3.63, 3.8) is 0 Å². The van der Waals surface area contributed by atoms with Gasteiger partial charge in [-0.3, -0.25) is 0 Å². The summed E-state index contributed by atoms with van der Waals surface area (Å²) in [4.78, 5) is 0. The lowest BCUT2D eigenvalue weighted by Gasteiger charge is -2.19. The molecule has 1 atom stereocenters. The van der Waals surface area contributed by atoms with Crippen LogP contribution >= 0.6 is 0 Å². The Bertz CT molecular complexity index is 417. The topological polar surface area (TPSA) is 30.5 Å². The van der Waals surface area contributed by atoms with Crippen molar-refractivity contribution in [2.45, 2.75) is 39.7 Å². The van der Waals surface area contributed by atoms with Gasteiger partial charge < -0.3 is 14.8 Å². The summed E-state index contributed by atoms with van der Waals surface area (Å²) >= 11 is 0. The lowest BCUT2D eigenvalue weighted by molar-refractivity contribution is 0.110. The Hall–Kier alpha value is -1.06. The van der Waals surface area contributed by atoms with E-state index in [0.717, 1.165) is 45.0 Å². The highest BCUT2D eigenvalue weighted by Gasteiger charge is 2.20. The highest BCUT2D eigenvalue weighted by molar-refractivity contribution is 5.43. The van der Waals surface area contributed by atoms with Crippen LogP contribution in [0.3, 0.4) is 0 Å². The van der Waals surface area contributed by atoms with E-state index in [9.17, 15) is 0 Å². The zero-order valence-electron chi connectivity index (χ0n) is 12.9. The molecule has 0 radical (unpaired) electrons. The molecule has 0 aliphatic carbocycles. The van der Waals surface area contributed by atoms with Crippen LogP contribution in [0.1, 0.15) is 43.9 Å². The number of fused-ring (bicyclic) bond motifs is 1. The summed E-state index contributed by atoms with van der Waals surface area (Å²) in [6.45, 7) is 9.80. The largest absolute Gasteiger partial charge is 0.493 e. The fourth-order valence-corrected chi connectivity index (χ4v) is 2.60. The Morgan fingerprint density at radius 1 is 1.40 bits per heavy atom. The van der Waals surface area contributed by atoms with Gasteiger partial charge in [-0.15, -0.1) is 0 Å². The van der Waals surface area contributed by atoms with Gasteiger partial charge in [-0.05, 0) is 31.2 Å². The molecule has 1 aromatic carbocycles. The Kier molecular flexibility index (Phi) is 5.86. The average Bonchev–Trinajstić information content (AvgIpc) is 2.62. The molecule has 0 saturated carbocycles. The van der Waals surface area contributed by atoms with Gasteiger partial charge in [0, 0.05) is 24.8 Å². The SMILES string of the molecule is Cc1cccc2c1OCCCC2NCCOCC(C)C.